The zero-order chi connectivity index (χ0) is 19.5. The molecule has 0 aliphatic heterocycles. The van der Waals surface area contributed by atoms with Gasteiger partial charge in [0.2, 0.25) is 0 Å². The SMILES string of the molecule is CC(=O)C(=O)[O-].CC(=O)O.CC(=O)[O-].CC(=O)[O-].CC(=O)[O-].[Zr+4]. The number of hydrogen-bond acceptors (Lipinski definition) is 10. The summed E-state index contributed by atoms with van der Waals surface area (Å²) < 4.78 is 0. The van der Waals surface area contributed by atoms with Crippen LogP contribution in [0.3, 0.4) is 0 Å². The third kappa shape index (κ3) is 1760. The summed E-state index contributed by atoms with van der Waals surface area (Å²) in [5.74, 6) is -6.65. The van der Waals surface area contributed by atoms with Gasteiger partial charge in [0.15, 0.2) is 5.78 Å². The van der Waals surface area contributed by atoms with Crippen molar-refractivity contribution in [1.29, 1.82) is 0 Å². The molecule has 0 aromatic carbocycles. The van der Waals surface area contributed by atoms with Gasteiger partial charge < -0.3 is 44.7 Å². The van der Waals surface area contributed by atoms with Gasteiger partial charge in [-0.05, 0) is 20.8 Å². The Morgan fingerprint density at radius 3 is 0.652 bits per heavy atom. The van der Waals surface area contributed by atoms with E-state index in [0.717, 1.165) is 34.6 Å². The Balaban J connectivity index is -0.0000000393. The Morgan fingerprint density at radius 2 is 0.652 bits per heavy atom. The molecule has 0 aliphatic rings. The Bertz CT molecular complexity index is 300. The van der Waals surface area contributed by atoms with E-state index in [2.05, 4.69) is 0 Å². The Labute approximate surface area is 151 Å². The monoisotopic (exact) mass is 414 g/mol. The maximum atomic E-state index is 9.48. The van der Waals surface area contributed by atoms with Gasteiger partial charge in [0, 0.05) is 31.8 Å². The molecule has 23 heavy (non-hydrogen) atoms. The maximum absolute atomic E-state index is 9.48. The molecule has 0 bridgehead atoms. The molecule has 0 saturated heterocycles. The smallest absolute Gasteiger partial charge is 0.550 e. The fourth-order valence-electron chi connectivity index (χ4n) is 0. The molecule has 0 atom stereocenters. The minimum absolute atomic E-state index is 0. The summed E-state index contributed by atoms with van der Waals surface area (Å²) in [6.07, 6.45) is 0. The molecule has 0 amide bonds. The van der Waals surface area contributed by atoms with E-state index < -0.39 is 35.6 Å². The van der Waals surface area contributed by atoms with E-state index in [4.69, 9.17) is 39.6 Å². The zero-order valence-electron chi connectivity index (χ0n) is 13.0. The molecule has 11 nitrogen and oxygen atoms in total. The van der Waals surface area contributed by atoms with Crippen molar-refractivity contribution in [1.82, 2.24) is 0 Å². The second-order valence-corrected chi connectivity index (χ2v) is 2.84. The maximum Gasteiger partial charge on any atom is 4.00 e. The van der Waals surface area contributed by atoms with Crippen LogP contribution < -0.4 is 20.4 Å². The largest absolute Gasteiger partial charge is 4.00 e. The van der Waals surface area contributed by atoms with Crippen molar-refractivity contribution in [3.63, 3.8) is 0 Å². The van der Waals surface area contributed by atoms with Gasteiger partial charge in [0.25, 0.3) is 5.97 Å². The van der Waals surface area contributed by atoms with Crippen LogP contribution >= 0.6 is 0 Å². The molecule has 0 aliphatic carbocycles. The molecule has 0 heterocycles. The van der Waals surface area contributed by atoms with Gasteiger partial charge in [-0.3, -0.25) is 9.59 Å². The topological polar surface area (TPSA) is 215 Å². The number of ketones is 1. The Hall–Kier alpha value is -2.10. The number of Topliss-reactive ketones (excluding diaryl/α,β-unsaturated/α-hetero) is 1. The van der Waals surface area contributed by atoms with Crippen molar-refractivity contribution < 1.29 is 80.5 Å². The van der Waals surface area contributed by atoms with E-state index in [9.17, 15) is 14.7 Å². The standard InChI is InChI=1S/C3H4O3.4C2H4O2.Zr/c1-2(4)3(5)6;4*1-2(3)4;/h1H3,(H,5,6);4*1H3,(H,3,4);/q;;;;;+4/p-4. The van der Waals surface area contributed by atoms with E-state index in [-0.39, 0.29) is 26.2 Å². The van der Waals surface area contributed by atoms with Crippen LogP contribution in [0.15, 0.2) is 0 Å². The summed E-state index contributed by atoms with van der Waals surface area (Å²) in [6, 6.07) is 0. The van der Waals surface area contributed by atoms with E-state index >= 15 is 0 Å². The third-order valence-corrected chi connectivity index (χ3v) is 0.287. The molecule has 1 N–H and O–H groups in total. The first kappa shape index (κ1) is 37.3. The zero-order valence-corrected chi connectivity index (χ0v) is 15.5. The predicted molar refractivity (Wildman–Crippen MR) is 61.0 cm³/mol. The van der Waals surface area contributed by atoms with Crippen LogP contribution in [0.25, 0.3) is 0 Å². The minimum Gasteiger partial charge on any atom is -0.550 e. The van der Waals surface area contributed by atoms with Crippen LogP contribution in [-0.2, 0) is 55.0 Å². The summed E-state index contributed by atoms with van der Waals surface area (Å²) in [4.78, 5) is 54.4. The minimum atomic E-state index is -1.63. The molecule has 12 heteroatoms. The Morgan fingerprint density at radius 1 is 0.609 bits per heavy atom. The molecule has 0 aromatic heterocycles. The van der Waals surface area contributed by atoms with Crippen molar-refractivity contribution in [3.8, 4) is 0 Å². The van der Waals surface area contributed by atoms with Crippen LogP contribution in [0, 0.1) is 0 Å². The normalized spacial score (nSPS) is 6.30. The van der Waals surface area contributed by atoms with E-state index in [1.54, 1.807) is 0 Å². The number of carbonyl (C=O) groups is 6. The first-order valence-electron chi connectivity index (χ1n) is 5.01. The van der Waals surface area contributed by atoms with Crippen molar-refractivity contribution in [2.45, 2.75) is 34.6 Å². The molecule has 130 valence electrons. The van der Waals surface area contributed by atoms with E-state index in [1.165, 1.54) is 0 Å². The van der Waals surface area contributed by atoms with Crippen LogP contribution in [0.4, 0.5) is 0 Å². The molecule has 0 spiro atoms. The average molecular weight is 415 g/mol. The number of rotatable bonds is 1. The van der Waals surface area contributed by atoms with Crippen molar-refractivity contribution in [2.24, 2.45) is 0 Å². The molecular weight excluding hydrogens is 399 g/mol. The van der Waals surface area contributed by atoms with Gasteiger partial charge in [0.05, 0.1) is 0 Å². The summed E-state index contributed by atoms with van der Waals surface area (Å²) in [5.41, 5.74) is 0. The fourth-order valence-corrected chi connectivity index (χ4v) is 0. The van der Waals surface area contributed by atoms with Gasteiger partial charge in [-0.25, -0.2) is 0 Å². The molecular formula is C11H16O11Zr. The average Bonchev–Trinajstić information content (AvgIpc) is 2.12. The second-order valence-electron chi connectivity index (χ2n) is 2.84. The van der Waals surface area contributed by atoms with Gasteiger partial charge in [-0.1, -0.05) is 0 Å². The summed E-state index contributed by atoms with van der Waals surface area (Å²) in [5, 5.41) is 43.3. The van der Waals surface area contributed by atoms with Crippen molar-refractivity contribution in [2.75, 3.05) is 0 Å². The van der Waals surface area contributed by atoms with E-state index in [1.807, 2.05) is 0 Å². The Kier molecular flexibility index (Phi) is 45.6. The molecule has 0 radical (unpaired) electrons. The van der Waals surface area contributed by atoms with Crippen LogP contribution in [0.2, 0.25) is 0 Å². The van der Waals surface area contributed by atoms with Crippen LogP contribution in [-0.4, -0.2) is 40.7 Å². The van der Waals surface area contributed by atoms with Gasteiger partial charge >= 0.3 is 26.2 Å². The molecule has 0 fully saturated rings. The van der Waals surface area contributed by atoms with Crippen molar-refractivity contribution in [3.05, 3.63) is 0 Å². The number of carboxylic acid groups (broad SMARTS) is 5. The number of carbonyl (C=O) groups excluding carboxylic acids is 5. The number of carboxylic acids is 5. The third-order valence-electron chi connectivity index (χ3n) is 0.287. The summed E-state index contributed by atoms with van der Waals surface area (Å²) in [7, 11) is 0. The number of hydrogen-bond donors (Lipinski definition) is 1. The fraction of sp³-hybridized carbons (Fsp3) is 0.455. The number of aliphatic carboxylic acids is 5. The molecule has 0 aromatic rings. The molecule has 0 unspecified atom stereocenters. The van der Waals surface area contributed by atoms with Crippen LogP contribution in [0.5, 0.6) is 0 Å². The second kappa shape index (κ2) is 28.1. The van der Waals surface area contributed by atoms with Gasteiger partial charge in [-0.15, -0.1) is 0 Å². The summed E-state index contributed by atoms with van der Waals surface area (Å²) >= 11 is 0. The van der Waals surface area contributed by atoms with E-state index in [0.29, 0.717) is 0 Å². The van der Waals surface area contributed by atoms with Gasteiger partial charge in [0.1, 0.15) is 5.97 Å². The van der Waals surface area contributed by atoms with Gasteiger partial charge in [-0.2, -0.15) is 0 Å². The summed E-state index contributed by atoms with van der Waals surface area (Å²) in [6.45, 7) is 4.94. The molecule has 0 rings (SSSR count). The first-order valence-corrected chi connectivity index (χ1v) is 5.01. The quantitative estimate of drug-likeness (QED) is 0.399. The predicted octanol–water partition coefficient (Wildman–Crippen LogP) is -5.32. The molecule has 0 saturated carbocycles. The first-order chi connectivity index (χ1) is 9.57. The van der Waals surface area contributed by atoms with Crippen molar-refractivity contribution >= 4 is 35.6 Å². The van der Waals surface area contributed by atoms with Crippen LogP contribution in [0.1, 0.15) is 34.6 Å².